The van der Waals surface area contributed by atoms with Crippen LogP contribution in [-0.4, -0.2) is 24.1 Å². The van der Waals surface area contributed by atoms with Gasteiger partial charge < -0.3 is 9.13 Å². The van der Waals surface area contributed by atoms with Crippen LogP contribution in [-0.2, 0) is 0 Å². The van der Waals surface area contributed by atoms with E-state index in [9.17, 15) is 0 Å². The van der Waals surface area contributed by atoms with E-state index in [1.54, 1.807) is 0 Å². The zero-order valence-electron chi connectivity index (χ0n) is 30.3. The van der Waals surface area contributed by atoms with Crippen LogP contribution in [0.3, 0.4) is 0 Å². The molecule has 0 aliphatic heterocycles. The fraction of sp³-hybridized carbons (Fsp3) is 0. The molecule has 0 amide bonds. The zero-order chi connectivity index (χ0) is 37.0. The number of hydrogen-bond acceptors (Lipinski definition) is 3. The van der Waals surface area contributed by atoms with E-state index in [-0.39, 0.29) is 0 Å². The van der Waals surface area contributed by atoms with Gasteiger partial charge in [-0.15, -0.1) is 0 Å². The Morgan fingerprint density at radius 3 is 1.45 bits per heavy atom. The summed E-state index contributed by atoms with van der Waals surface area (Å²) in [5.41, 5.74) is 12.0. The van der Waals surface area contributed by atoms with Crippen molar-refractivity contribution >= 4 is 43.6 Å². The molecule has 0 radical (unpaired) electrons. The molecule has 0 unspecified atom stereocenters. The van der Waals surface area contributed by atoms with Gasteiger partial charge >= 0.3 is 0 Å². The lowest BCUT2D eigenvalue weighted by molar-refractivity contribution is 1.07. The van der Waals surface area contributed by atoms with E-state index in [0.717, 1.165) is 50.2 Å². The fourth-order valence-electron chi connectivity index (χ4n) is 8.23. The van der Waals surface area contributed by atoms with Gasteiger partial charge in [0.25, 0.3) is 0 Å². The minimum atomic E-state index is 0.635. The molecule has 3 heterocycles. The summed E-state index contributed by atoms with van der Waals surface area (Å²) in [6, 6.07) is 70.4. The Morgan fingerprint density at radius 2 is 0.768 bits per heavy atom. The Morgan fingerprint density at radius 1 is 0.286 bits per heavy atom. The summed E-state index contributed by atoms with van der Waals surface area (Å²) in [5, 5.41) is 4.95. The number of nitrogens with zero attached hydrogens (tertiary/aromatic N) is 5. The summed E-state index contributed by atoms with van der Waals surface area (Å²) < 4.78 is 4.84. The minimum Gasteiger partial charge on any atom is -0.309 e. The lowest BCUT2D eigenvalue weighted by Crippen LogP contribution is -2.00. The van der Waals surface area contributed by atoms with E-state index in [0.29, 0.717) is 17.5 Å². The molecule has 262 valence electrons. The third-order valence-electron chi connectivity index (χ3n) is 10.7. The zero-order valence-corrected chi connectivity index (χ0v) is 30.3. The van der Waals surface area contributed by atoms with Gasteiger partial charge in [0.1, 0.15) is 0 Å². The van der Waals surface area contributed by atoms with Crippen molar-refractivity contribution in [3.63, 3.8) is 0 Å². The number of aromatic nitrogens is 5. The van der Waals surface area contributed by atoms with Crippen molar-refractivity contribution in [1.29, 1.82) is 0 Å². The van der Waals surface area contributed by atoms with Crippen LogP contribution in [0.5, 0.6) is 0 Å². The van der Waals surface area contributed by atoms with E-state index in [4.69, 9.17) is 15.0 Å². The first kappa shape index (κ1) is 31.9. The Balaban J connectivity index is 1.08. The van der Waals surface area contributed by atoms with E-state index in [1.165, 1.54) is 32.6 Å². The van der Waals surface area contributed by atoms with Crippen LogP contribution in [0.25, 0.3) is 100 Å². The summed E-state index contributed by atoms with van der Waals surface area (Å²) in [4.78, 5) is 14.9. The molecule has 11 aromatic rings. The molecule has 8 aromatic carbocycles. The number of benzene rings is 8. The summed E-state index contributed by atoms with van der Waals surface area (Å²) in [6.45, 7) is 0. The lowest BCUT2D eigenvalue weighted by Gasteiger charge is -2.12. The maximum Gasteiger partial charge on any atom is 0.164 e. The van der Waals surface area contributed by atoms with Crippen molar-refractivity contribution < 1.29 is 0 Å². The molecule has 0 spiro atoms. The van der Waals surface area contributed by atoms with Gasteiger partial charge in [-0.1, -0.05) is 152 Å². The van der Waals surface area contributed by atoms with Gasteiger partial charge in [-0.25, -0.2) is 15.0 Å². The van der Waals surface area contributed by atoms with Crippen LogP contribution < -0.4 is 0 Å². The monoisotopic (exact) mass is 715 g/mol. The molecule has 0 aliphatic rings. The van der Waals surface area contributed by atoms with Gasteiger partial charge in [-0.05, 0) is 59.7 Å². The summed E-state index contributed by atoms with van der Waals surface area (Å²) in [6.07, 6.45) is 0. The van der Waals surface area contributed by atoms with E-state index >= 15 is 0 Å². The molecule has 0 atom stereocenters. The predicted molar refractivity (Wildman–Crippen MR) is 230 cm³/mol. The SMILES string of the molecule is c1ccc(-c2nc(-c3ccccc3)nc(-c3cccc(-c4cccc(-n5c6ccccc6c6c5ccc5c7ccccc7n(-c7ccccc7)c56)c4)c3)n2)cc1. The van der Waals surface area contributed by atoms with E-state index < -0.39 is 0 Å². The summed E-state index contributed by atoms with van der Waals surface area (Å²) in [5.74, 6) is 1.93. The molecule has 0 bridgehead atoms. The molecule has 0 aliphatic carbocycles. The second-order valence-corrected chi connectivity index (χ2v) is 14.1. The first-order valence-corrected chi connectivity index (χ1v) is 18.9. The van der Waals surface area contributed by atoms with Crippen molar-refractivity contribution in [2.75, 3.05) is 0 Å². The third kappa shape index (κ3) is 5.21. The Kier molecular flexibility index (Phi) is 7.42. The van der Waals surface area contributed by atoms with Crippen LogP contribution >= 0.6 is 0 Å². The molecule has 0 fully saturated rings. The highest BCUT2D eigenvalue weighted by Crippen LogP contribution is 2.42. The summed E-state index contributed by atoms with van der Waals surface area (Å²) >= 11 is 0. The summed E-state index contributed by atoms with van der Waals surface area (Å²) in [7, 11) is 0. The molecule has 0 saturated carbocycles. The molecule has 0 N–H and O–H groups in total. The van der Waals surface area contributed by atoms with Gasteiger partial charge in [0.15, 0.2) is 17.5 Å². The molecule has 56 heavy (non-hydrogen) atoms. The standard InChI is InChI=1S/C51H33N5/c1-4-16-34(17-5-1)49-52-50(35-18-6-2-7-19-35)54-51(53-49)38-22-14-20-36(32-38)37-21-15-25-40(33-37)55-45-29-13-11-27-43(45)47-46(55)31-30-42-41-26-10-12-28-44(41)56(48(42)47)39-23-8-3-9-24-39/h1-33H. The van der Waals surface area contributed by atoms with Crippen molar-refractivity contribution in [3.8, 4) is 56.7 Å². The number of para-hydroxylation sites is 3. The highest BCUT2D eigenvalue weighted by molar-refractivity contribution is 6.26. The first-order chi connectivity index (χ1) is 27.8. The van der Waals surface area contributed by atoms with Gasteiger partial charge in [0.05, 0.1) is 22.1 Å². The highest BCUT2D eigenvalue weighted by Gasteiger charge is 2.21. The van der Waals surface area contributed by atoms with Gasteiger partial charge in [0.2, 0.25) is 0 Å². The molecular formula is C51H33N5. The van der Waals surface area contributed by atoms with Crippen LogP contribution in [0.4, 0.5) is 0 Å². The highest BCUT2D eigenvalue weighted by atomic mass is 15.0. The molecule has 11 rings (SSSR count). The average Bonchev–Trinajstić information content (AvgIpc) is 3.80. The van der Waals surface area contributed by atoms with Gasteiger partial charge in [-0.3, -0.25) is 0 Å². The van der Waals surface area contributed by atoms with Gasteiger partial charge in [0, 0.05) is 49.6 Å². The Labute approximate surface area is 323 Å². The predicted octanol–water partition coefficient (Wildman–Crippen LogP) is 12.7. The van der Waals surface area contributed by atoms with E-state index in [2.05, 4.69) is 149 Å². The van der Waals surface area contributed by atoms with Crippen LogP contribution in [0, 0.1) is 0 Å². The quantitative estimate of drug-likeness (QED) is 0.172. The van der Waals surface area contributed by atoms with Crippen LogP contribution in [0.1, 0.15) is 0 Å². The maximum absolute atomic E-state index is 5.00. The minimum absolute atomic E-state index is 0.635. The topological polar surface area (TPSA) is 48.5 Å². The number of hydrogen-bond donors (Lipinski definition) is 0. The normalized spacial score (nSPS) is 11.6. The molecular weight excluding hydrogens is 683 g/mol. The first-order valence-electron chi connectivity index (χ1n) is 18.9. The van der Waals surface area contributed by atoms with Crippen molar-refractivity contribution in [2.24, 2.45) is 0 Å². The molecule has 3 aromatic heterocycles. The lowest BCUT2D eigenvalue weighted by atomic mass is 10.0. The van der Waals surface area contributed by atoms with E-state index in [1.807, 2.05) is 60.7 Å². The van der Waals surface area contributed by atoms with Crippen molar-refractivity contribution in [2.45, 2.75) is 0 Å². The second kappa shape index (κ2) is 13.0. The van der Waals surface area contributed by atoms with Gasteiger partial charge in [-0.2, -0.15) is 0 Å². The number of fused-ring (bicyclic) bond motifs is 7. The molecule has 0 saturated heterocycles. The largest absolute Gasteiger partial charge is 0.309 e. The average molecular weight is 716 g/mol. The number of rotatable bonds is 6. The van der Waals surface area contributed by atoms with Crippen molar-refractivity contribution in [3.05, 3.63) is 200 Å². The Bertz CT molecular complexity index is 3180. The second-order valence-electron chi connectivity index (χ2n) is 14.1. The maximum atomic E-state index is 5.00. The Hall–Kier alpha value is -7.63. The molecule has 5 nitrogen and oxygen atoms in total. The fourth-order valence-corrected chi connectivity index (χ4v) is 8.23. The van der Waals surface area contributed by atoms with Crippen LogP contribution in [0.15, 0.2) is 200 Å². The third-order valence-corrected chi connectivity index (χ3v) is 10.7. The van der Waals surface area contributed by atoms with Crippen molar-refractivity contribution in [1.82, 2.24) is 24.1 Å². The molecule has 5 heteroatoms. The van der Waals surface area contributed by atoms with Crippen LogP contribution in [0.2, 0.25) is 0 Å². The smallest absolute Gasteiger partial charge is 0.164 e.